The fourth-order valence-electron chi connectivity index (χ4n) is 0.911. The van der Waals surface area contributed by atoms with Crippen molar-refractivity contribution >= 4 is 28.4 Å². The molecular formula is C7H7F3IN3O. The number of anilines is 1. The number of rotatable bonds is 2. The van der Waals surface area contributed by atoms with Crippen LogP contribution in [0.25, 0.3) is 0 Å². The maximum Gasteiger partial charge on any atom is 0.573 e. The van der Waals surface area contributed by atoms with Crippen LogP contribution < -0.4 is 16.2 Å². The Balaban J connectivity index is 3.12. The molecule has 0 unspecified atom stereocenters. The SMILES string of the molecule is NCc1nc(N)cc(OC(F)(F)F)c1I. The minimum absolute atomic E-state index is 0.00245. The van der Waals surface area contributed by atoms with E-state index in [0.717, 1.165) is 6.07 Å². The van der Waals surface area contributed by atoms with Gasteiger partial charge in [0.15, 0.2) is 0 Å². The second kappa shape index (κ2) is 4.39. The standard InChI is InChI=1S/C7H7F3IN3O/c8-7(9,10)15-4-1-5(13)14-3(2-12)6(4)11/h1H,2,12H2,(H2,13,14). The fraction of sp³-hybridized carbons (Fsp3) is 0.286. The zero-order valence-corrected chi connectivity index (χ0v) is 9.46. The van der Waals surface area contributed by atoms with Crippen LogP contribution in [0.15, 0.2) is 6.07 Å². The molecule has 0 atom stereocenters. The van der Waals surface area contributed by atoms with Crippen molar-refractivity contribution in [1.82, 2.24) is 4.98 Å². The van der Waals surface area contributed by atoms with E-state index >= 15 is 0 Å². The maximum absolute atomic E-state index is 12.0. The Morgan fingerprint density at radius 2 is 2.07 bits per heavy atom. The highest BCUT2D eigenvalue weighted by Gasteiger charge is 2.32. The summed E-state index contributed by atoms with van der Waals surface area (Å²) in [5.74, 6) is -0.439. The summed E-state index contributed by atoms with van der Waals surface area (Å²) in [6.07, 6.45) is -4.75. The second-order valence-corrected chi connectivity index (χ2v) is 3.64. The molecule has 1 aromatic rings. The minimum Gasteiger partial charge on any atom is -0.404 e. The molecule has 1 rings (SSSR count). The van der Waals surface area contributed by atoms with Gasteiger partial charge in [-0.3, -0.25) is 0 Å². The van der Waals surface area contributed by atoms with Gasteiger partial charge in [0, 0.05) is 12.6 Å². The molecule has 0 saturated heterocycles. The van der Waals surface area contributed by atoms with Gasteiger partial charge in [0.1, 0.15) is 11.6 Å². The Morgan fingerprint density at radius 1 is 1.47 bits per heavy atom. The van der Waals surface area contributed by atoms with Crippen LogP contribution in [0.2, 0.25) is 0 Å². The summed E-state index contributed by atoms with van der Waals surface area (Å²) >= 11 is 1.67. The van der Waals surface area contributed by atoms with Crippen LogP contribution in [0.1, 0.15) is 5.69 Å². The van der Waals surface area contributed by atoms with Crippen LogP contribution in [-0.4, -0.2) is 11.3 Å². The van der Waals surface area contributed by atoms with Gasteiger partial charge in [-0.1, -0.05) is 0 Å². The lowest BCUT2D eigenvalue weighted by Crippen LogP contribution is -2.19. The van der Waals surface area contributed by atoms with Gasteiger partial charge in [0.2, 0.25) is 0 Å². The van der Waals surface area contributed by atoms with Crippen molar-refractivity contribution in [2.45, 2.75) is 12.9 Å². The first-order valence-electron chi connectivity index (χ1n) is 3.74. The molecule has 1 aromatic heterocycles. The molecule has 0 radical (unpaired) electrons. The molecule has 0 aliphatic carbocycles. The van der Waals surface area contributed by atoms with Crippen molar-refractivity contribution in [3.63, 3.8) is 0 Å². The number of aromatic nitrogens is 1. The van der Waals surface area contributed by atoms with Crippen molar-refractivity contribution in [3.8, 4) is 5.75 Å². The van der Waals surface area contributed by atoms with Crippen LogP contribution in [-0.2, 0) is 6.54 Å². The first-order valence-corrected chi connectivity index (χ1v) is 4.82. The molecule has 0 fully saturated rings. The van der Waals surface area contributed by atoms with Crippen LogP contribution in [0.5, 0.6) is 5.75 Å². The van der Waals surface area contributed by atoms with Gasteiger partial charge in [0.05, 0.1) is 9.26 Å². The van der Waals surface area contributed by atoms with Crippen LogP contribution in [0.4, 0.5) is 19.0 Å². The summed E-state index contributed by atoms with van der Waals surface area (Å²) in [4.78, 5) is 3.78. The number of nitrogens with zero attached hydrogens (tertiary/aromatic N) is 1. The van der Waals surface area contributed by atoms with E-state index in [4.69, 9.17) is 11.5 Å². The van der Waals surface area contributed by atoms with Gasteiger partial charge in [-0.15, -0.1) is 13.2 Å². The highest BCUT2D eigenvalue weighted by atomic mass is 127. The first-order chi connectivity index (χ1) is 6.83. The molecule has 1 heterocycles. The summed E-state index contributed by atoms with van der Waals surface area (Å²) in [7, 11) is 0. The molecule has 0 amide bonds. The smallest absolute Gasteiger partial charge is 0.404 e. The Kier molecular flexibility index (Phi) is 3.60. The predicted molar refractivity (Wildman–Crippen MR) is 55.9 cm³/mol. The quantitative estimate of drug-likeness (QED) is 0.807. The largest absolute Gasteiger partial charge is 0.573 e. The zero-order chi connectivity index (χ0) is 11.6. The van der Waals surface area contributed by atoms with Crippen LogP contribution >= 0.6 is 22.6 Å². The molecule has 0 aliphatic heterocycles. The Hall–Kier alpha value is -0.770. The zero-order valence-electron chi connectivity index (χ0n) is 7.31. The van der Waals surface area contributed by atoms with Gasteiger partial charge < -0.3 is 16.2 Å². The topological polar surface area (TPSA) is 74.2 Å². The van der Waals surface area contributed by atoms with Gasteiger partial charge in [-0.05, 0) is 22.6 Å². The highest BCUT2D eigenvalue weighted by molar-refractivity contribution is 14.1. The van der Waals surface area contributed by atoms with Crippen LogP contribution in [0, 0.1) is 3.57 Å². The summed E-state index contributed by atoms with van der Waals surface area (Å²) < 4.78 is 39.9. The Morgan fingerprint density at radius 3 is 2.53 bits per heavy atom. The lowest BCUT2D eigenvalue weighted by molar-refractivity contribution is -0.274. The summed E-state index contributed by atoms with van der Waals surface area (Å²) in [5.41, 5.74) is 10.9. The molecule has 84 valence electrons. The van der Waals surface area contributed by atoms with Gasteiger partial charge in [-0.25, -0.2) is 4.98 Å². The fourth-order valence-corrected chi connectivity index (χ4v) is 1.52. The molecule has 15 heavy (non-hydrogen) atoms. The third-order valence-corrected chi connectivity index (χ3v) is 2.59. The van der Waals surface area contributed by atoms with Crippen molar-refractivity contribution < 1.29 is 17.9 Å². The van der Waals surface area contributed by atoms with E-state index in [1.165, 1.54) is 0 Å². The Labute approximate surface area is 96.9 Å². The van der Waals surface area contributed by atoms with Crippen molar-refractivity contribution in [2.24, 2.45) is 5.73 Å². The molecule has 0 aromatic carbocycles. The summed E-state index contributed by atoms with van der Waals surface area (Å²) in [6, 6.07) is 1.01. The number of nitrogen functional groups attached to an aromatic ring is 1. The van der Waals surface area contributed by atoms with Gasteiger partial charge in [0.25, 0.3) is 0 Å². The molecule has 0 saturated carbocycles. The highest BCUT2D eigenvalue weighted by Crippen LogP contribution is 2.30. The average molecular weight is 333 g/mol. The Bertz CT molecular complexity index is 369. The van der Waals surface area contributed by atoms with Crippen molar-refractivity contribution in [2.75, 3.05) is 5.73 Å². The number of pyridine rings is 1. The number of hydrogen-bond acceptors (Lipinski definition) is 4. The maximum atomic E-state index is 12.0. The summed E-state index contributed by atoms with van der Waals surface area (Å²) in [6.45, 7) is -0.00245. The monoisotopic (exact) mass is 333 g/mol. The number of ether oxygens (including phenoxy) is 1. The molecule has 4 nitrogen and oxygen atoms in total. The molecule has 8 heteroatoms. The minimum atomic E-state index is -4.75. The molecular weight excluding hydrogens is 326 g/mol. The van der Waals surface area contributed by atoms with E-state index in [2.05, 4.69) is 9.72 Å². The summed E-state index contributed by atoms with van der Waals surface area (Å²) in [5, 5.41) is 0. The lowest BCUT2D eigenvalue weighted by Gasteiger charge is -2.12. The van der Waals surface area contributed by atoms with E-state index in [0.29, 0.717) is 0 Å². The molecule has 4 N–H and O–H groups in total. The normalized spacial score (nSPS) is 11.5. The van der Waals surface area contributed by atoms with E-state index in [1.54, 1.807) is 22.6 Å². The van der Waals surface area contributed by atoms with E-state index in [-0.39, 0.29) is 27.4 Å². The third kappa shape index (κ3) is 3.38. The van der Waals surface area contributed by atoms with E-state index in [1.807, 2.05) is 0 Å². The van der Waals surface area contributed by atoms with Crippen LogP contribution in [0.3, 0.4) is 0 Å². The second-order valence-electron chi connectivity index (χ2n) is 2.56. The first kappa shape index (κ1) is 12.3. The molecule has 0 aliphatic rings. The van der Waals surface area contributed by atoms with Crippen molar-refractivity contribution in [3.05, 3.63) is 15.3 Å². The van der Waals surface area contributed by atoms with Gasteiger partial charge >= 0.3 is 6.36 Å². The third-order valence-electron chi connectivity index (χ3n) is 1.43. The molecule has 0 spiro atoms. The predicted octanol–water partition coefficient (Wildman–Crippen LogP) is 1.63. The van der Waals surface area contributed by atoms with Crippen molar-refractivity contribution in [1.29, 1.82) is 0 Å². The van der Waals surface area contributed by atoms with Gasteiger partial charge in [-0.2, -0.15) is 0 Å². The lowest BCUT2D eigenvalue weighted by atomic mass is 10.3. The number of hydrogen-bond donors (Lipinski definition) is 2. The average Bonchev–Trinajstić information content (AvgIpc) is 2.08. The number of halogens is 4. The van der Waals surface area contributed by atoms with E-state index in [9.17, 15) is 13.2 Å². The number of nitrogens with two attached hydrogens (primary N) is 2. The molecule has 0 bridgehead atoms. The number of alkyl halides is 3. The van der Waals surface area contributed by atoms with E-state index < -0.39 is 6.36 Å².